The molecule has 16 heavy (non-hydrogen) atoms. The first-order chi connectivity index (χ1) is 7.51. The van der Waals surface area contributed by atoms with Gasteiger partial charge in [0.25, 0.3) is 0 Å². The van der Waals surface area contributed by atoms with Crippen molar-refractivity contribution < 1.29 is 13.5 Å². The number of rotatable bonds is 4. The highest BCUT2D eigenvalue weighted by Gasteiger charge is 2.23. The number of hydrogen-bond acceptors (Lipinski definition) is 1. The molecule has 0 aromatic heterocycles. The maximum Gasteiger partial charge on any atom is 0.134 e. The number of methoxy groups -OCH3 is 1. The molecule has 1 aromatic rings. The summed E-state index contributed by atoms with van der Waals surface area (Å²) in [5.74, 6) is -0.780. The van der Waals surface area contributed by atoms with Crippen molar-refractivity contribution in [3.63, 3.8) is 0 Å². The molecule has 0 fully saturated rings. The first-order valence-electron chi connectivity index (χ1n) is 5.18. The van der Waals surface area contributed by atoms with Crippen LogP contribution in [0.4, 0.5) is 8.78 Å². The van der Waals surface area contributed by atoms with Crippen LogP contribution in [0.15, 0.2) is 12.1 Å². The average Bonchev–Trinajstić information content (AvgIpc) is 2.26. The Morgan fingerprint density at radius 3 is 2.19 bits per heavy atom. The predicted molar refractivity (Wildman–Crippen MR) is 64.0 cm³/mol. The Hall–Kier alpha value is -0.640. The van der Waals surface area contributed by atoms with Crippen LogP contribution in [0.1, 0.15) is 30.7 Å². The highest BCUT2D eigenvalue weighted by molar-refractivity contribution is 9.09. The van der Waals surface area contributed by atoms with Gasteiger partial charge in [0.1, 0.15) is 17.4 Å². The monoisotopic (exact) mass is 292 g/mol. The highest BCUT2D eigenvalue weighted by Crippen LogP contribution is 2.37. The zero-order chi connectivity index (χ0) is 12.3. The Bertz CT molecular complexity index is 345. The van der Waals surface area contributed by atoms with Crippen molar-refractivity contribution in [2.75, 3.05) is 7.11 Å². The Morgan fingerprint density at radius 1 is 1.31 bits per heavy atom. The van der Waals surface area contributed by atoms with Crippen molar-refractivity contribution in [2.24, 2.45) is 5.92 Å². The standard InChI is InChI=1S/C12H15BrF2O/c1-4-7(2)12(13)11-9(14)5-8(16-3)6-10(11)15/h5-7,12H,4H2,1-3H3. The molecule has 4 heteroatoms. The molecule has 0 N–H and O–H groups in total. The molecule has 0 radical (unpaired) electrons. The molecule has 0 aliphatic heterocycles. The lowest BCUT2D eigenvalue weighted by Gasteiger charge is -2.18. The van der Waals surface area contributed by atoms with E-state index in [1.165, 1.54) is 19.2 Å². The Balaban J connectivity index is 3.14. The van der Waals surface area contributed by atoms with Crippen LogP contribution in [0, 0.1) is 17.6 Å². The van der Waals surface area contributed by atoms with Gasteiger partial charge in [-0.2, -0.15) is 0 Å². The number of ether oxygens (including phenoxy) is 1. The van der Waals surface area contributed by atoms with Crippen molar-refractivity contribution >= 4 is 15.9 Å². The van der Waals surface area contributed by atoms with Crippen LogP contribution in [0.5, 0.6) is 5.75 Å². The van der Waals surface area contributed by atoms with E-state index in [1.54, 1.807) is 0 Å². The normalized spacial score (nSPS) is 14.6. The summed E-state index contributed by atoms with van der Waals surface area (Å²) in [6.07, 6.45) is 0.848. The van der Waals surface area contributed by atoms with Gasteiger partial charge in [0.2, 0.25) is 0 Å². The first-order valence-corrected chi connectivity index (χ1v) is 6.09. The summed E-state index contributed by atoms with van der Waals surface area (Å²) < 4.78 is 32.2. The Morgan fingerprint density at radius 2 is 1.81 bits per heavy atom. The summed E-state index contributed by atoms with van der Waals surface area (Å²) in [6, 6.07) is 2.41. The second-order valence-electron chi connectivity index (χ2n) is 3.79. The van der Waals surface area contributed by atoms with Crippen LogP contribution in [0.25, 0.3) is 0 Å². The van der Waals surface area contributed by atoms with Crippen molar-refractivity contribution in [1.29, 1.82) is 0 Å². The van der Waals surface area contributed by atoms with E-state index in [2.05, 4.69) is 15.9 Å². The number of alkyl halides is 1. The van der Waals surface area contributed by atoms with Gasteiger partial charge in [-0.15, -0.1) is 0 Å². The molecule has 0 amide bonds. The molecule has 0 bridgehead atoms. The predicted octanol–water partition coefficient (Wildman–Crippen LogP) is 4.46. The molecule has 0 spiro atoms. The van der Waals surface area contributed by atoms with Crippen molar-refractivity contribution in [3.8, 4) is 5.75 Å². The third-order valence-corrected chi connectivity index (χ3v) is 4.07. The van der Waals surface area contributed by atoms with Crippen LogP contribution in [0.3, 0.4) is 0 Å². The molecular weight excluding hydrogens is 278 g/mol. The molecule has 0 heterocycles. The maximum atomic E-state index is 13.7. The lowest BCUT2D eigenvalue weighted by atomic mass is 9.98. The largest absolute Gasteiger partial charge is 0.497 e. The van der Waals surface area contributed by atoms with Gasteiger partial charge in [-0.1, -0.05) is 36.2 Å². The second-order valence-corrected chi connectivity index (χ2v) is 4.78. The number of hydrogen-bond donors (Lipinski definition) is 0. The minimum absolute atomic E-state index is 0.0788. The highest BCUT2D eigenvalue weighted by atomic mass is 79.9. The van der Waals surface area contributed by atoms with E-state index in [1.807, 2.05) is 13.8 Å². The summed E-state index contributed by atoms with van der Waals surface area (Å²) in [4.78, 5) is -0.316. The second kappa shape index (κ2) is 5.62. The van der Waals surface area contributed by atoms with Gasteiger partial charge in [0.05, 0.1) is 7.11 Å². The van der Waals surface area contributed by atoms with Gasteiger partial charge < -0.3 is 4.74 Å². The average molecular weight is 293 g/mol. The lowest BCUT2D eigenvalue weighted by molar-refractivity contribution is 0.403. The van der Waals surface area contributed by atoms with E-state index < -0.39 is 11.6 Å². The van der Waals surface area contributed by atoms with Gasteiger partial charge >= 0.3 is 0 Å². The van der Waals surface area contributed by atoms with Gasteiger partial charge in [0.15, 0.2) is 0 Å². The zero-order valence-corrected chi connectivity index (χ0v) is 11.1. The van der Waals surface area contributed by atoms with E-state index in [-0.39, 0.29) is 22.1 Å². The zero-order valence-electron chi connectivity index (χ0n) is 9.56. The van der Waals surface area contributed by atoms with E-state index in [9.17, 15) is 8.78 Å². The molecule has 1 nitrogen and oxygen atoms in total. The molecular formula is C12H15BrF2O. The van der Waals surface area contributed by atoms with Crippen LogP contribution < -0.4 is 4.74 Å². The number of benzene rings is 1. The topological polar surface area (TPSA) is 9.23 Å². The van der Waals surface area contributed by atoms with E-state index in [0.717, 1.165) is 6.42 Å². The third kappa shape index (κ3) is 2.73. The molecule has 1 rings (SSSR count). The Kier molecular flexibility index (Phi) is 4.71. The number of halogens is 3. The van der Waals surface area contributed by atoms with Gasteiger partial charge in [-0.3, -0.25) is 0 Å². The van der Waals surface area contributed by atoms with Crippen LogP contribution in [-0.4, -0.2) is 7.11 Å². The molecule has 0 aliphatic carbocycles. The summed E-state index contributed by atoms with van der Waals surface area (Å²) in [7, 11) is 1.38. The fourth-order valence-electron chi connectivity index (χ4n) is 1.43. The molecule has 90 valence electrons. The summed E-state index contributed by atoms with van der Waals surface area (Å²) in [5.41, 5.74) is 0.0788. The van der Waals surface area contributed by atoms with Crippen molar-refractivity contribution in [2.45, 2.75) is 25.1 Å². The van der Waals surface area contributed by atoms with Crippen molar-refractivity contribution in [3.05, 3.63) is 29.3 Å². The third-order valence-electron chi connectivity index (χ3n) is 2.71. The van der Waals surface area contributed by atoms with Crippen LogP contribution in [-0.2, 0) is 0 Å². The minimum atomic E-state index is -0.570. The molecule has 0 saturated carbocycles. The molecule has 2 unspecified atom stereocenters. The first kappa shape index (κ1) is 13.4. The van der Waals surface area contributed by atoms with Crippen molar-refractivity contribution in [1.82, 2.24) is 0 Å². The quantitative estimate of drug-likeness (QED) is 0.745. The molecule has 0 aliphatic rings. The van der Waals surface area contributed by atoms with Gasteiger partial charge in [-0.05, 0) is 5.92 Å². The summed E-state index contributed by atoms with van der Waals surface area (Å²) in [5, 5.41) is 0. The maximum absolute atomic E-state index is 13.7. The van der Waals surface area contributed by atoms with E-state index in [4.69, 9.17) is 4.74 Å². The summed E-state index contributed by atoms with van der Waals surface area (Å²) in [6.45, 7) is 3.93. The fourth-order valence-corrected chi connectivity index (χ4v) is 2.25. The van der Waals surface area contributed by atoms with Crippen LogP contribution in [0.2, 0.25) is 0 Å². The SMILES string of the molecule is CCC(C)C(Br)c1c(F)cc(OC)cc1F. The smallest absolute Gasteiger partial charge is 0.134 e. The molecule has 2 atom stereocenters. The van der Waals surface area contributed by atoms with E-state index in [0.29, 0.717) is 0 Å². The fraction of sp³-hybridized carbons (Fsp3) is 0.500. The van der Waals surface area contributed by atoms with Gasteiger partial charge in [0, 0.05) is 22.5 Å². The molecule has 0 saturated heterocycles. The molecule has 1 aromatic carbocycles. The Labute approximate surface area is 103 Å². The lowest BCUT2D eigenvalue weighted by Crippen LogP contribution is -2.07. The summed E-state index contributed by atoms with van der Waals surface area (Å²) >= 11 is 3.34. The van der Waals surface area contributed by atoms with E-state index >= 15 is 0 Å². The van der Waals surface area contributed by atoms with Crippen LogP contribution >= 0.6 is 15.9 Å². The van der Waals surface area contributed by atoms with Gasteiger partial charge in [-0.25, -0.2) is 8.78 Å². The minimum Gasteiger partial charge on any atom is -0.497 e.